The largest absolute Gasteiger partial charge is 0.317 e. The summed E-state index contributed by atoms with van der Waals surface area (Å²) in [6, 6.07) is 0.867. The molecule has 0 saturated carbocycles. The van der Waals surface area contributed by atoms with Crippen molar-refractivity contribution in [1.82, 2.24) is 10.6 Å². The molecule has 2 heteroatoms. The molecule has 0 aromatic carbocycles. The summed E-state index contributed by atoms with van der Waals surface area (Å²) in [5.74, 6) is 0. The van der Waals surface area contributed by atoms with Crippen molar-refractivity contribution in [2.75, 3.05) is 19.6 Å². The average Bonchev–Trinajstić information content (AvgIpc) is 2.86. The minimum absolute atomic E-state index is 0.867. The van der Waals surface area contributed by atoms with Crippen molar-refractivity contribution in [3.8, 4) is 0 Å². The Morgan fingerprint density at radius 2 is 1.75 bits per heavy atom. The van der Waals surface area contributed by atoms with Crippen LogP contribution in [0.2, 0.25) is 0 Å². The lowest BCUT2D eigenvalue weighted by Crippen LogP contribution is -2.21. The molecule has 2 heterocycles. The summed E-state index contributed by atoms with van der Waals surface area (Å²) in [7, 11) is 0. The van der Waals surface area contributed by atoms with Gasteiger partial charge in [0.05, 0.1) is 0 Å². The lowest BCUT2D eigenvalue weighted by atomic mass is 10.1. The number of hydrogen-bond acceptors (Lipinski definition) is 2. The first-order valence-electron chi connectivity index (χ1n) is 7.37. The maximum atomic E-state index is 3.52. The molecule has 0 aromatic heterocycles. The zero-order valence-corrected chi connectivity index (χ0v) is 11.1. The van der Waals surface area contributed by atoms with E-state index in [4.69, 9.17) is 0 Å². The Kier molecular flexibility index (Phi) is 8.83. The van der Waals surface area contributed by atoms with E-state index in [1.165, 1.54) is 77.4 Å². The van der Waals surface area contributed by atoms with Gasteiger partial charge < -0.3 is 10.6 Å². The van der Waals surface area contributed by atoms with Crippen molar-refractivity contribution in [1.29, 1.82) is 0 Å². The maximum Gasteiger partial charge on any atom is 0.00675 e. The molecule has 16 heavy (non-hydrogen) atoms. The van der Waals surface area contributed by atoms with Crippen LogP contribution in [0.3, 0.4) is 0 Å². The van der Waals surface area contributed by atoms with Crippen LogP contribution >= 0.6 is 0 Å². The van der Waals surface area contributed by atoms with Gasteiger partial charge in [-0.2, -0.15) is 0 Å². The summed E-state index contributed by atoms with van der Waals surface area (Å²) >= 11 is 0. The standard InChI is InChI=1S/C9H19N.C5H11N/c1-2-3-4-6-9-7-5-8-10-9;1-2-4-6-5-3-1/h9-10H,2-8H2,1H3;6H,1-5H2. The van der Waals surface area contributed by atoms with Crippen molar-refractivity contribution in [3.63, 3.8) is 0 Å². The van der Waals surface area contributed by atoms with E-state index in [0.717, 1.165) is 6.04 Å². The summed E-state index contributed by atoms with van der Waals surface area (Å²) in [4.78, 5) is 0. The summed E-state index contributed by atoms with van der Waals surface area (Å²) in [5, 5.41) is 6.80. The van der Waals surface area contributed by atoms with E-state index in [1.54, 1.807) is 0 Å². The van der Waals surface area contributed by atoms with E-state index in [2.05, 4.69) is 17.6 Å². The van der Waals surface area contributed by atoms with Crippen LogP contribution in [-0.4, -0.2) is 25.7 Å². The van der Waals surface area contributed by atoms with Crippen molar-refractivity contribution in [2.24, 2.45) is 0 Å². The Hall–Kier alpha value is -0.0800. The summed E-state index contributed by atoms with van der Waals surface area (Å²) in [5.41, 5.74) is 0. The average molecular weight is 226 g/mol. The number of piperidine rings is 1. The molecule has 1 atom stereocenters. The third-order valence-electron chi connectivity index (χ3n) is 3.53. The van der Waals surface area contributed by atoms with Crippen molar-refractivity contribution in [2.45, 2.75) is 70.8 Å². The fourth-order valence-corrected chi connectivity index (χ4v) is 2.45. The quantitative estimate of drug-likeness (QED) is 0.720. The molecule has 2 aliphatic rings. The molecule has 0 aliphatic carbocycles. The zero-order valence-electron chi connectivity index (χ0n) is 11.1. The first kappa shape index (κ1) is 14.0. The van der Waals surface area contributed by atoms with Crippen LogP contribution in [0.4, 0.5) is 0 Å². The van der Waals surface area contributed by atoms with E-state index < -0.39 is 0 Å². The Labute approximate surface area is 102 Å². The molecular weight excluding hydrogens is 196 g/mol. The number of nitrogens with one attached hydrogen (secondary N) is 2. The second-order valence-electron chi connectivity index (χ2n) is 5.10. The molecular formula is C14H30N2. The molecule has 2 nitrogen and oxygen atoms in total. The molecule has 2 saturated heterocycles. The van der Waals surface area contributed by atoms with Crippen LogP contribution in [0.25, 0.3) is 0 Å². The monoisotopic (exact) mass is 226 g/mol. The Morgan fingerprint density at radius 1 is 0.938 bits per heavy atom. The third kappa shape index (κ3) is 7.24. The normalized spacial score (nSPS) is 24.9. The van der Waals surface area contributed by atoms with Gasteiger partial charge in [0.2, 0.25) is 0 Å². The van der Waals surface area contributed by atoms with Crippen LogP contribution in [0.1, 0.15) is 64.7 Å². The maximum absolute atomic E-state index is 3.52. The predicted molar refractivity (Wildman–Crippen MR) is 71.9 cm³/mol. The SMILES string of the molecule is C1CCNCC1.CCCCCC1CCCN1. The molecule has 0 amide bonds. The fraction of sp³-hybridized carbons (Fsp3) is 1.00. The van der Waals surface area contributed by atoms with E-state index in [0.29, 0.717) is 0 Å². The summed E-state index contributed by atoms with van der Waals surface area (Å²) in [6.07, 6.45) is 12.6. The van der Waals surface area contributed by atoms with Gasteiger partial charge in [0.1, 0.15) is 0 Å². The van der Waals surface area contributed by atoms with E-state index in [9.17, 15) is 0 Å². The highest BCUT2D eigenvalue weighted by Crippen LogP contribution is 2.12. The van der Waals surface area contributed by atoms with Gasteiger partial charge in [-0.15, -0.1) is 0 Å². The van der Waals surface area contributed by atoms with E-state index in [-0.39, 0.29) is 0 Å². The molecule has 0 spiro atoms. The summed E-state index contributed by atoms with van der Waals surface area (Å²) < 4.78 is 0. The van der Waals surface area contributed by atoms with Crippen molar-refractivity contribution in [3.05, 3.63) is 0 Å². The second-order valence-corrected chi connectivity index (χ2v) is 5.10. The number of hydrogen-bond donors (Lipinski definition) is 2. The molecule has 2 aliphatic heterocycles. The lowest BCUT2D eigenvalue weighted by molar-refractivity contribution is 0.520. The lowest BCUT2D eigenvalue weighted by Gasteiger charge is -2.08. The van der Waals surface area contributed by atoms with Crippen LogP contribution < -0.4 is 10.6 Å². The number of unbranched alkanes of at least 4 members (excludes halogenated alkanes) is 2. The highest BCUT2D eigenvalue weighted by atomic mass is 14.9. The van der Waals surface area contributed by atoms with E-state index in [1.807, 2.05) is 0 Å². The minimum atomic E-state index is 0.867. The third-order valence-corrected chi connectivity index (χ3v) is 3.53. The molecule has 0 radical (unpaired) electrons. The minimum Gasteiger partial charge on any atom is -0.317 e. The van der Waals surface area contributed by atoms with Gasteiger partial charge in [-0.05, 0) is 51.7 Å². The van der Waals surface area contributed by atoms with Gasteiger partial charge in [0.25, 0.3) is 0 Å². The first-order chi connectivity index (χ1) is 7.93. The zero-order chi connectivity index (χ0) is 11.5. The van der Waals surface area contributed by atoms with Crippen LogP contribution in [0, 0.1) is 0 Å². The molecule has 0 bridgehead atoms. The molecule has 2 fully saturated rings. The summed E-state index contributed by atoms with van der Waals surface area (Å²) in [6.45, 7) is 6.03. The number of rotatable bonds is 4. The molecule has 0 aromatic rings. The van der Waals surface area contributed by atoms with Crippen molar-refractivity contribution < 1.29 is 0 Å². The Morgan fingerprint density at radius 3 is 2.19 bits per heavy atom. The highest BCUT2D eigenvalue weighted by Gasteiger charge is 2.12. The smallest absolute Gasteiger partial charge is 0.00675 e. The van der Waals surface area contributed by atoms with Crippen LogP contribution in [0.5, 0.6) is 0 Å². The van der Waals surface area contributed by atoms with Gasteiger partial charge >= 0.3 is 0 Å². The van der Waals surface area contributed by atoms with Gasteiger partial charge in [-0.25, -0.2) is 0 Å². The molecule has 2 rings (SSSR count). The molecule has 1 unspecified atom stereocenters. The van der Waals surface area contributed by atoms with Gasteiger partial charge in [0.15, 0.2) is 0 Å². The topological polar surface area (TPSA) is 24.1 Å². The van der Waals surface area contributed by atoms with Crippen LogP contribution in [0.15, 0.2) is 0 Å². The van der Waals surface area contributed by atoms with E-state index >= 15 is 0 Å². The molecule has 2 N–H and O–H groups in total. The molecule has 96 valence electrons. The van der Waals surface area contributed by atoms with Crippen molar-refractivity contribution >= 4 is 0 Å². The van der Waals surface area contributed by atoms with Gasteiger partial charge in [-0.1, -0.05) is 32.6 Å². The van der Waals surface area contributed by atoms with Gasteiger partial charge in [0, 0.05) is 6.04 Å². The Balaban J connectivity index is 0.000000181. The Bertz CT molecular complexity index is 126. The van der Waals surface area contributed by atoms with Gasteiger partial charge in [-0.3, -0.25) is 0 Å². The van der Waals surface area contributed by atoms with Crippen LogP contribution in [-0.2, 0) is 0 Å². The predicted octanol–water partition coefficient (Wildman–Crippen LogP) is 3.08. The highest BCUT2D eigenvalue weighted by molar-refractivity contribution is 4.73. The first-order valence-corrected chi connectivity index (χ1v) is 7.37. The second kappa shape index (κ2) is 10.1. The fourth-order valence-electron chi connectivity index (χ4n) is 2.45.